The van der Waals surface area contributed by atoms with Crippen LogP contribution in [0.25, 0.3) is 0 Å². The largest absolute Gasteiger partial charge is 0.491 e. The van der Waals surface area contributed by atoms with E-state index in [0.717, 1.165) is 6.54 Å². The minimum Gasteiger partial charge on any atom is -0.491 e. The normalized spacial score (nSPS) is 11.9. The van der Waals surface area contributed by atoms with Gasteiger partial charge in [-0.25, -0.2) is 0 Å². The van der Waals surface area contributed by atoms with E-state index in [-0.39, 0.29) is 6.61 Å². The summed E-state index contributed by atoms with van der Waals surface area (Å²) in [5, 5.41) is 21.8. The Morgan fingerprint density at radius 3 is 2.67 bits per heavy atom. The average Bonchev–Trinajstić information content (AvgIpc) is 2.91. The zero-order valence-electron chi connectivity index (χ0n) is 11.9. The van der Waals surface area contributed by atoms with Gasteiger partial charge >= 0.3 is 0 Å². The molecule has 110 valence electrons. The van der Waals surface area contributed by atoms with E-state index in [1.54, 1.807) is 35.6 Å². The molecule has 2 rings (SSSR count). The van der Waals surface area contributed by atoms with Gasteiger partial charge < -0.3 is 15.2 Å². The van der Waals surface area contributed by atoms with Crippen molar-refractivity contribution in [2.24, 2.45) is 0 Å². The molecule has 1 aromatic heterocycles. The molecule has 21 heavy (non-hydrogen) atoms. The molecule has 0 aliphatic carbocycles. The van der Waals surface area contributed by atoms with E-state index in [9.17, 15) is 5.11 Å². The molecular weight excluding hydrogens is 284 g/mol. The maximum absolute atomic E-state index is 9.86. The Kier molecular flexibility index (Phi) is 5.76. The van der Waals surface area contributed by atoms with E-state index >= 15 is 0 Å². The summed E-state index contributed by atoms with van der Waals surface area (Å²) in [4.78, 5) is 2.55. The number of aliphatic hydroxyl groups excluding tert-OH is 1. The first-order valence-corrected chi connectivity index (χ1v) is 7.56. The van der Waals surface area contributed by atoms with E-state index in [2.05, 4.69) is 30.4 Å². The predicted molar refractivity (Wildman–Crippen MR) is 83.4 cm³/mol. The molecule has 1 atom stereocenters. The van der Waals surface area contributed by atoms with Crippen molar-refractivity contribution >= 4 is 11.3 Å². The summed E-state index contributed by atoms with van der Waals surface area (Å²) in [7, 11) is 0. The lowest BCUT2D eigenvalue weighted by molar-refractivity contribution is 0.106. The van der Waals surface area contributed by atoms with Gasteiger partial charge in [-0.1, -0.05) is 0 Å². The highest BCUT2D eigenvalue weighted by Gasteiger charge is 2.05. The molecule has 0 aliphatic heterocycles. The van der Waals surface area contributed by atoms with Crippen molar-refractivity contribution in [3.05, 3.63) is 51.7 Å². The lowest BCUT2D eigenvalue weighted by Crippen LogP contribution is -2.30. The predicted octanol–water partition coefficient (Wildman–Crippen LogP) is 2.46. The first-order chi connectivity index (χ1) is 10.2. The highest BCUT2D eigenvalue weighted by atomic mass is 32.1. The van der Waals surface area contributed by atoms with Crippen LogP contribution in [0.2, 0.25) is 0 Å². The molecule has 0 fully saturated rings. The molecule has 1 aromatic carbocycles. The van der Waals surface area contributed by atoms with Crippen LogP contribution in [0.5, 0.6) is 5.75 Å². The fourth-order valence-corrected chi connectivity index (χ4v) is 2.68. The van der Waals surface area contributed by atoms with Crippen molar-refractivity contribution in [2.75, 3.05) is 13.2 Å². The van der Waals surface area contributed by atoms with Crippen LogP contribution in [0, 0.1) is 18.3 Å². The van der Waals surface area contributed by atoms with Crippen LogP contribution in [0.4, 0.5) is 0 Å². The fourth-order valence-electron chi connectivity index (χ4n) is 1.82. The standard InChI is InChI=1S/C16H18N2O2S/c1-12-2-7-16(21-12)10-18-9-14(19)11-20-15-5-3-13(8-17)4-6-15/h2-7,14,18-19H,9-11H2,1H3. The van der Waals surface area contributed by atoms with E-state index in [0.29, 0.717) is 17.9 Å². The van der Waals surface area contributed by atoms with Crippen LogP contribution in [0.15, 0.2) is 36.4 Å². The van der Waals surface area contributed by atoms with Crippen LogP contribution < -0.4 is 10.1 Å². The van der Waals surface area contributed by atoms with Gasteiger partial charge in [-0.15, -0.1) is 11.3 Å². The molecule has 1 unspecified atom stereocenters. The lowest BCUT2D eigenvalue weighted by Gasteiger charge is -2.13. The number of benzene rings is 1. The Labute approximate surface area is 128 Å². The Bertz CT molecular complexity index is 601. The Morgan fingerprint density at radius 1 is 1.29 bits per heavy atom. The smallest absolute Gasteiger partial charge is 0.119 e. The first-order valence-electron chi connectivity index (χ1n) is 6.74. The van der Waals surface area contributed by atoms with Gasteiger partial charge in [0.1, 0.15) is 18.5 Å². The quantitative estimate of drug-likeness (QED) is 0.824. The van der Waals surface area contributed by atoms with Crippen molar-refractivity contribution in [2.45, 2.75) is 19.6 Å². The second-order valence-electron chi connectivity index (χ2n) is 4.74. The average molecular weight is 302 g/mol. The number of hydrogen-bond donors (Lipinski definition) is 2. The Balaban J connectivity index is 1.67. The van der Waals surface area contributed by atoms with E-state index in [1.807, 2.05) is 0 Å². The minimum atomic E-state index is -0.568. The number of aliphatic hydroxyl groups is 1. The molecule has 0 amide bonds. The molecule has 2 N–H and O–H groups in total. The second kappa shape index (κ2) is 7.79. The van der Waals surface area contributed by atoms with Crippen LogP contribution in [0.1, 0.15) is 15.3 Å². The number of aryl methyl sites for hydroxylation is 1. The lowest BCUT2D eigenvalue weighted by atomic mass is 10.2. The number of nitrogens with zero attached hydrogens (tertiary/aromatic N) is 1. The van der Waals surface area contributed by atoms with E-state index in [1.165, 1.54) is 9.75 Å². The highest BCUT2D eigenvalue weighted by Crippen LogP contribution is 2.14. The molecule has 0 bridgehead atoms. The van der Waals surface area contributed by atoms with Crippen LogP contribution in [0.3, 0.4) is 0 Å². The van der Waals surface area contributed by atoms with Gasteiger partial charge in [0.05, 0.1) is 11.6 Å². The number of thiophene rings is 1. The van der Waals surface area contributed by atoms with E-state index in [4.69, 9.17) is 10.00 Å². The maximum atomic E-state index is 9.86. The summed E-state index contributed by atoms with van der Waals surface area (Å²) in [6.07, 6.45) is -0.568. The van der Waals surface area contributed by atoms with Crippen LogP contribution >= 0.6 is 11.3 Å². The number of nitrogens with one attached hydrogen (secondary N) is 1. The summed E-state index contributed by atoms with van der Waals surface area (Å²) in [6.45, 7) is 3.54. The first kappa shape index (κ1) is 15.5. The third-order valence-electron chi connectivity index (χ3n) is 2.90. The van der Waals surface area contributed by atoms with Gasteiger partial charge in [0.15, 0.2) is 0 Å². The zero-order chi connectivity index (χ0) is 15.1. The molecule has 0 saturated carbocycles. The SMILES string of the molecule is Cc1ccc(CNCC(O)COc2ccc(C#N)cc2)s1. The molecule has 0 radical (unpaired) electrons. The molecule has 5 heteroatoms. The zero-order valence-corrected chi connectivity index (χ0v) is 12.7. The topological polar surface area (TPSA) is 65.3 Å². The highest BCUT2D eigenvalue weighted by molar-refractivity contribution is 7.11. The Morgan fingerprint density at radius 2 is 2.05 bits per heavy atom. The van der Waals surface area contributed by atoms with Gasteiger partial charge in [-0.3, -0.25) is 0 Å². The van der Waals surface area contributed by atoms with Crippen molar-refractivity contribution < 1.29 is 9.84 Å². The maximum Gasteiger partial charge on any atom is 0.119 e. The summed E-state index contributed by atoms with van der Waals surface area (Å²) >= 11 is 1.75. The number of nitriles is 1. The van der Waals surface area contributed by atoms with Crippen molar-refractivity contribution in [1.29, 1.82) is 5.26 Å². The number of rotatable bonds is 7. The number of hydrogen-bond acceptors (Lipinski definition) is 5. The fraction of sp³-hybridized carbons (Fsp3) is 0.312. The van der Waals surface area contributed by atoms with Gasteiger partial charge in [-0.05, 0) is 43.3 Å². The molecule has 4 nitrogen and oxygen atoms in total. The number of ether oxygens (including phenoxy) is 1. The van der Waals surface area contributed by atoms with Crippen LogP contribution in [-0.4, -0.2) is 24.4 Å². The Hall–Kier alpha value is -1.87. The van der Waals surface area contributed by atoms with Gasteiger partial charge in [0, 0.05) is 22.8 Å². The summed E-state index contributed by atoms with van der Waals surface area (Å²) in [5.74, 6) is 0.655. The van der Waals surface area contributed by atoms with Crippen molar-refractivity contribution in [1.82, 2.24) is 5.32 Å². The molecule has 0 spiro atoms. The molecule has 1 heterocycles. The summed E-state index contributed by atoms with van der Waals surface area (Å²) in [6, 6.07) is 13.1. The molecule has 2 aromatic rings. The summed E-state index contributed by atoms with van der Waals surface area (Å²) in [5.41, 5.74) is 0.593. The molecular formula is C16H18N2O2S. The molecule has 0 aliphatic rings. The summed E-state index contributed by atoms with van der Waals surface area (Å²) < 4.78 is 5.48. The van der Waals surface area contributed by atoms with Gasteiger partial charge in [-0.2, -0.15) is 5.26 Å². The molecule has 0 saturated heterocycles. The second-order valence-corrected chi connectivity index (χ2v) is 6.12. The minimum absolute atomic E-state index is 0.225. The third-order valence-corrected chi connectivity index (χ3v) is 3.90. The van der Waals surface area contributed by atoms with Gasteiger partial charge in [0.25, 0.3) is 0 Å². The van der Waals surface area contributed by atoms with Crippen molar-refractivity contribution in [3.8, 4) is 11.8 Å². The monoisotopic (exact) mass is 302 g/mol. The van der Waals surface area contributed by atoms with Crippen molar-refractivity contribution in [3.63, 3.8) is 0 Å². The van der Waals surface area contributed by atoms with Crippen LogP contribution in [-0.2, 0) is 6.54 Å². The van der Waals surface area contributed by atoms with Gasteiger partial charge in [0.2, 0.25) is 0 Å². The van der Waals surface area contributed by atoms with E-state index < -0.39 is 6.10 Å². The third kappa shape index (κ3) is 5.20.